The first-order valence-corrected chi connectivity index (χ1v) is 43.6. The normalized spacial score (nSPS) is 12.0. The highest BCUT2D eigenvalue weighted by atomic mass is 31.2. The Kier molecular flexibility index (Phi) is 17.8. The van der Waals surface area contributed by atoms with E-state index in [0.717, 1.165) is 32.3 Å². The van der Waals surface area contributed by atoms with Crippen molar-refractivity contribution in [3.63, 3.8) is 0 Å². The van der Waals surface area contributed by atoms with E-state index < -0.39 is 28.6 Å². The summed E-state index contributed by atoms with van der Waals surface area (Å²) >= 11 is 0. The third-order valence-corrected chi connectivity index (χ3v) is 25.1. The standard InChI is InChI=1S/C24H19OP.3C22H19OP/c1-26(2,25)20-12-8-16(9-13-20)21-14-10-19-7-6-17-4-3-5-18-11-15-22(21)24(19)23(17)18;1-24(2,23)19-11-7-10-18(15-19)22-20-12-5-3-8-16(20)14-17-9-4-6-13-21(17)22;1-24(2,23)19-13-11-16(12-14-19)22-20-9-5-3-7-17(20)15-18-8-4-6-10-21(18)22;1-24(2,23)18-13-11-16(12-14-18)22-15-17-7-3-4-8-19(17)20-9-5-6-10-21(20)22/h3-15H,1-2H3;3*3-15H,1-2H3. The lowest BCUT2D eigenvalue weighted by atomic mass is 9.90. The molecule has 8 heteroatoms. The number of rotatable bonds is 8. The van der Waals surface area contributed by atoms with Crippen molar-refractivity contribution in [1.82, 2.24) is 0 Å². The summed E-state index contributed by atoms with van der Waals surface area (Å²) in [7, 11) is -8.95. The first kappa shape index (κ1) is 65.5. The minimum Gasteiger partial charge on any atom is -0.319 e. The molecule has 0 amide bonds. The van der Waals surface area contributed by atoms with Crippen molar-refractivity contribution in [3.05, 3.63) is 315 Å². The molecule has 0 spiro atoms. The zero-order valence-corrected chi connectivity index (χ0v) is 60.0. The van der Waals surface area contributed by atoms with E-state index in [1.807, 2.05) is 102 Å². The van der Waals surface area contributed by atoms with Crippen LogP contribution in [-0.4, -0.2) is 53.3 Å². The Morgan fingerprint density at radius 1 is 0.184 bits per heavy atom. The molecule has 0 N–H and O–H groups in total. The van der Waals surface area contributed by atoms with E-state index in [1.165, 1.54) is 130 Å². The monoisotopic (exact) mass is 1340 g/mol. The average molecular weight is 1350 g/mol. The molecule has 0 heterocycles. The fraction of sp³-hybridized carbons (Fsp3) is 0.0889. The fourth-order valence-corrected chi connectivity index (χ4v) is 17.4. The van der Waals surface area contributed by atoms with Gasteiger partial charge in [0.25, 0.3) is 0 Å². The number of fused-ring (bicyclic) bond motifs is 7. The van der Waals surface area contributed by atoms with E-state index in [0.29, 0.717) is 0 Å². The molecule has 17 rings (SSSR count). The second-order valence-electron chi connectivity index (χ2n) is 27.1. The Hall–Kier alpha value is -9.74. The summed E-state index contributed by atoms with van der Waals surface area (Å²) in [6, 6.07) is 110. The Labute approximate surface area is 574 Å². The Balaban J connectivity index is 0.000000112. The molecule has 17 aromatic carbocycles. The van der Waals surface area contributed by atoms with Crippen molar-refractivity contribution < 1.29 is 18.3 Å². The van der Waals surface area contributed by atoms with Gasteiger partial charge in [-0.3, -0.25) is 0 Å². The van der Waals surface area contributed by atoms with Crippen molar-refractivity contribution in [2.45, 2.75) is 0 Å². The highest BCUT2D eigenvalue weighted by Crippen LogP contribution is 2.45. The largest absolute Gasteiger partial charge is 0.319 e. The molecule has 480 valence electrons. The molecule has 0 bridgehead atoms. The Bertz CT molecular complexity index is 5950. The maximum Gasteiger partial charge on any atom is 0.109 e. The quantitative estimate of drug-likeness (QED) is 0.0864. The minimum absolute atomic E-state index is 0.927. The summed E-state index contributed by atoms with van der Waals surface area (Å²) in [6.45, 7) is 14.5. The van der Waals surface area contributed by atoms with Gasteiger partial charge in [-0.2, -0.15) is 0 Å². The van der Waals surface area contributed by atoms with E-state index in [-0.39, 0.29) is 0 Å². The van der Waals surface area contributed by atoms with Crippen LogP contribution in [0.15, 0.2) is 315 Å². The van der Waals surface area contributed by atoms with Gasteiger partial charge in [0, 0.05) is 21.2 Å². The molecule has 98 heavy (non-hydrogen) atoms. The number of hydrogen-bond acceptors (Lipinski definition) is 4. The average Bonchev–Trinajstić information content (AvgIpc) is 0.744. The van der Waals surface area contributed by atoms with E-state index in [4.69, 9.17) is 0 Å². The summed E-state index contributed by atoms with van der Waals surface area (Å²) in [5, 5.41) is 26.4. The van der Waals surface area contributed by atoms with Gasteiger partial charge in [-0.15, -0.1) is 0 Å². The van der Waals surface area contributed by atoms with Crippen molar-refractivity contribution in [3.8, 4) is 44.5 Å². The molecular formula is C90H76O4P4. The lowest BCUT2D eigenvalue weighted by Crippen LogP contribution is -2.02. The molecule has 0 radical (unpaired) electrons. The van der Waals surface area contributed by atoms with Crippen LogP contribution in [0.4, 0.5) is 0 Å². The zero-order valence-electron chi connectivity index (χ0n) is 56.4. The lowest BCUT2D eigenvalue weighted by Gasteiger charge is -2.14. The van der Waals surface area contributed by atoms with Crippen LogP contribution < -0.4 is 21.2 Å². The predicted octanol–water partition coefficient (Wildman–Crippen LogP) is 24.2. The first-order chi connectivity index (χ1) is 47.1. The lowest BCUT2D eigenvalue weighted by molar-refractivity contribution is 0.587. The van der Waals surface area contributed by atoms with Gasteiger partial charge in [0.1, 0.15) is 28.6 Å². The SMILES string of the molecule is CP(C)(=O)c1ccc(-c2c3ccccc3cc3ccccc23)cc1.CP(C)(=O)c1ccc(-c2cc3ccccc3c3ccccc23)cc1.CP(C)(=O)c1ccc(-c2ccc3ccc4cccc5ccc2c3c45)cc1.CP(C)(=O)c1cccc(-c2c3ccccc3cc3ccccc23)c1. The number of benzene rings is 17. The molecule has 0 aliphatic carbocycles. The summed E-state index contributed by atoms with van der Waals surface area (Å²) in [5.41, 5.74) is 9.54. The third-order valence-electron chi connectivity index (χ3n) is 19.0. The van der Waals surface area contributed by atoms with E-state index in [9.17, 15) is 18.3 Å². The van der Waals surface area contributed by atoms with Gasteiger partial charge < -0.3 is 18.3 Å². The van der Waals surface area contributed by atoms with Crippen molar-refractivity contribution in [2.24, 2.45) is 0 Å². The van der Waals surface area contributed by atoms with E-state index in [1.54, 1.807) is 0 Å². The summed E-state index contributed by atoms with van der Waals surface area (Å²) in [6.07, 6.45) is 0. The summed E-state index contributed by atoms with van der Waals surface area (Å²) < 4.78 is 49.4. The molecule has 17 aromatic rings. The summed E-state index contributed by atoms with van der Waals surface area (Å²) in [4.78, 5) is 0. The third kappa shape index (κ3) is 13.3. The molecule has 0 unspecified atom stereocenters. The molecule has 0 saturated heterocycles. The smallest absolute Gasteiger partial charge is 0.109 e. The van der Waals surface area contributed by atoms with Crippen LogP contribution in [-0.2, 0) is 18.3 Å². The van der Waals surface area contributed by atoms with Gasteiger partial charge in [-0.1, -0.05) is 291 Å². The molecule has 0 aliphatic rings. The predicted molar refractivity (Wildman–Crippen MR) is 433 cm³/mol. The van der Waals surface area contributed by atoms with E-state index in [2.05, 4.69) is 267 Å². The topological polar surface area (TPSA) is 68.3 Å². The number of hydrogen-bond donors (Lipinski definition) is 0. The Morgan fingerprint density at radius 2 is 0.510 bits per heavy atom. The van der Waals surface area contributed by atoms with Gasteiger partial charge in [0.05, 0.1) is 0 Å². The molecule has 0 aliphatic heterocycles. The first-order valence-electron chi connectivity index (χ1n) is 33.2. The van der Waals surface area contributed by atoms with Crippen molar-refractivity contribution in [2.75, 3.05) is 53.3 Å². The van der Waals surface area contributed by atoms with E-state index >= 15 is 0 Å². The Morgan fingerprint density at radius 3 is 0.959 bits per heavy atom. The van der Waals surface area contributed by atoms with Crippen molar-refractivity contribution in [1.29, 1.82) is 0 Å². The molecular weight excluding hydrogens is 1270 g/mol. The molecule has 0 aromatic heterocycles. The van der Waals surface area contributed by atoms with Gasteiger partial charge >= 0.3 is 0 Å². The van der Waals surface area contributed by atoms with Crippen LogP contribution in [0, 0.1) is 0 Å². The van der Waals surface area contributed by atoms with Crippen molar-refractivity contribution >= 4 is 147 Å². The summed E-state index contributed by atoms with van der Waals surface area (Å²) in [5.74, 6) is 0. The molecule has 0 fully saturated rings. The molecule has 0 atom stereocenters. The zero-order chi connectivity index (χ0) is 68.1. The van der Waals surface area contributed by atoms with Crippen LogP contribution in [0.5, 0.6) is 0 Å². The van der Waals surface area contributed by atoms with Crippen LogP contribution in [0.1, 0.15) is 0 Å². The van der Waals surface area contributed by atoms with Gasteiger partial charge in [0.2, 0.25) is 0 Å². The van der Waals surface area contributed by atoms with Crippen LogP contribution in [0.2, 0.25) is 0 Å². The molecule has 0 saturated carbocycles. The highest BCUT2D eigenvalue weighted by molar-refractivity contribution is 7.71. The van der Waals surface area contributed by atoms with Gasteiger partial charge in [-0.25, -0.2) is 0 Å². The van der Waals surface area contributed by atoms with Crippen LogP contribution in [0.3, 0.4) is 0 Å². The van der Waals surface area contributed by atoms with Gasteiger partial charge in [-0.05, 0) is 219 Å². The van der Waals surface area contributed by atoms with Gasteiger partial charge in [0.15, 0.2) is 0 Å². The maximum absolute atomic E-state index is 12.5. The second kappa shape index (κ2) is 26.6. The maximum atomic E-state index is 12.5. The second-order valence-corrected chi connectivity index (χ2v) is 40.0. The highest BCUT2D eigenvalue weighted by Gasteiger charge is 2.19. The minimum atomic E-state index is -2.29. The molecule has 4 nitrogen and oxygen atoms in total. The van der Waals surface area contributed by atoms with Crippen LogP contribution >= 0.6 is 28.6 Å². The fourth-order valence-electron chi connectivity index (χ4n) is 13.9. The van der Waals surface area contributed by atoms with Crippen LogP contribution in [0.25, 0.3) is 141 Å².